The molecule has 0 aliphatic rings. The van der Waals surface area contributed by atoms with E-state index in [2.05, 4.69) is 55.8 Å². The van der Waals surface area contributed by atoms with E-state index in [4.69, 9.17) is 39.8 Å². The molecule has 0 saturated heterocycles. The number of rotatable bonds is 24. The first kappa shape index (κ1) is 91.5. The number of hydrogen-bond acceptors (Lipinski definition) is 27. The Bertz CT molecular complexity index is 7010. The average molecular weight is 1870 g/mol. The van der Waals surface area contributed by atoms with E-state index >= 15 is 0 Å². The summed E-state index contributed by atoms with van der Waals surface area (Å²) in [7, 11) is -1.38. The van der Waals surface area contributed by atoms with Crippen molar-refractivity contribution in [2.75, 3.05) is 5.73 Å². The van der Waals surface area contributed by atoms with Crippen molar-refractivity contribution in [2.24, 2.45) is 0 Å². The summed E-state index contributed by atoms with van der Waals surface area (Å²) < 4.78 is 83.8. The second-order valence-corrected chi connectivity index (χ2v) is 32.9. The zero-order chi connectivity index (χ0) is 90.9. The number of aromatic nitrogens is 8. The summed E-state index contributed by atoms with van der Waals surface area (Å²) in [6, 6.07) is 62.7. The molecule has 0 spiro atoms. The number of benzene rings is 6. The van der Waals surface area contributed by atoms with E-state index in [9.17, 15) is 57.0 Å². The van der Waals surface area contributed by atoms with Crippen LogP contribution >= 0.6 is 61.3 Å². The van der Waals surface area contributed by atoms with E-state index in [1.165, 1.54) is 94.9 Å². The lowest BCUT2D eigenvalue weighted by atomic mass is 9.81. The van der Waals surface area contributed by atoms with E-state index in [1.54, 1.807) is 134 Å². The van der Waals surface area contributed by atoms with Crippen molar-refractivity contribution >= 4 is 155 Å². The van der Waals surface area contributed by atoms with Crippen LogP contribution in [0.2, 0.25) is 0 Å². The Kier molecular flexibility index (Phi) is 31.3. The first-order chi connectivity index (χ1) is 62.4. The molecular weight excluding hydrogens is 1810 g/mol. The van der Waals surface area contributed by atoms with Gasteiger partial charge in [-0.2, -0.15) is 0 Å². The Morgan fingerprint density at radius 3 is 1.04 bits per heavy atom. The van der Waals surface area contributed by atoms with Gasteiger partial charge in [0.15, 0.2) is 46.3 Å². The normalized spacial score (nSPS) is 10.6. The molecule has 36 heteroatoms. The van der Waals surface area contributed by atoms with Crippen LogP contribution in [0.5, 0.6) is 46.0 Å². The monoisotopic (exact) mass is 1870 g/mol. The van der Waals surface area contributed by atoms with Crippen molar-refractivity contribution in [3.63, 3.8) is 0 Å². The molecule has 0 fully saturated rings. The third kappa shape index (κ3) is 25.6. The number of carboxylic acids is 1. The molecule has 644 valence electrons. The molecule has 12 heterocycles. The number of nitrogens with zero attached hydrogens (tertiary/aromatic N) is 10. The molecule has 0 atom stereocenters. The maximum absolute atomic E-state index is 14.9. The molecule has 0 unspecified atom stereocenters. The zero-order valence-corrected chi connectivity index (χ0v) is 71.6. The minimum absolute atomic E-state index is 0.0164. The highest BCUT2D eigenvalue weighted by Gasteiger charge is 2.22. The molecule has 26 nitrogen and oxygen atoms in total. The summed E-state index contributed by atoms with van der Waals surface area (Å²) >= 11 is 9.28. The number of carboxylic acid groups (broad SMARTS) is 1. The van der Waals surface area contributed by atoms with Gasteiger partial charge in [-0.25, -0.2) is 17.6 Å². The average Bonchev–Trinajstić information content (AvgIpc) is 1.67. The number of carbonyl (C=O) groups excluding carboxylic acids is 3. The van der Waals surface area contributed by atoms with E-state index < -0.39 is 52.6 Å². The van der Waals surface area contributed by atoms with Crippen LogP contribution in [-0.4, -0.2) is 95.3 Å². The van der Waals surface area contributed by atoms with Crippen molar-refractivity contribution < 1.29 is 80.7 Å². The van der Waals surface area contributed by atoms with Crippen LogP contribution < -0.4 is 30.1 Å². The lowest BCUT2D eigenvalue weighted by Gasteiger charge is -2.09. The number of nitrogen functional groups attached to an aromatic ring is 1. The second kappa shape index (κ2) is 44.1. The number of nitro benzene ring substituents is 2. The van der Waals surface area contributed by atoms with Gasteiger partial charge in [-0.1, -0.05) is 66.7 Å². The standard InChI is InChI=1S/C29H21FN2O3S.C18H10FN3O3S.C18H12FN3OS.C13H6BrFN2O3S.C10H10O3.C5H6BNO2/c30-24-16-20(15-23(34)17-22(33)14-19-4-2-1-3-5-19)6-7-26(24)35-27-10-13-32-25-18-28(36-29(25)27)21-8-11-31-12-9-21;19-13-9-12(22(23)24)1-2-15(13)25-16-5-8-21-14-10-17(26-18(14)16)11-3-6-20-7-4-11;19-13-9-12(20)1-2-15(13)23-16-5-8-22-14-10-17(24-18(14)16)11-3-6-21-7-4-11;14-12-6-9-13(21-12)11(3-4-16-9)20-10-2-1-7(17(18)19)5-8(10)15;11-9(7-10(12)13)6-8-4-2-1-3-5-8;8-6(9)5-1-3-7-4-2-5/h1-13,16,18H,14-15,17H2;1-10H;1-10H,20H2;1-6H;1-5H,6-7H2,(H,12,13);1-4,8-9H. The minimum Gasteiger partial charge on any atom is -0.481 e. The fourth-order valence-electron chi connectivity index (χ4n) is 12.1. The highest BCUT2D eigenvalue weighted by atomic mass is 79.9. The number of ether oxygens (including phenoxy) is 4. The van der Waals surface area contributed by atoms with Crippen LogP contribution in [0.15, 0.2) is 309 Å². The maximum atomic E-state index is 14.9. The number of halogens is 5. The molecule has 18 rings (SSSR count). The van der Waals surface area contributed by atoms with E-state index in [1.807, 2.05) is 109 Å². The highest BCUT2D eigenvalue weighted by Crippen LogP contribution is 2.44. The number of carbonyl (C=O) groups is 4. The summed E-state index contributed by atoms with van der Waals surface area (Å²) in [6.45, 7) is 0. The van der Waals surface area contributed by atoms with Gasteiger partial charge in [0.25, 0.3) is 11.4 Å². The molecule has 5 N–H and O–H groups in total. The lowest BCUT2D eigenvalue weighted by molar-refractivity contribution is -0.385. The number of ketones is 3. The SMILES string of the molecule is Nc1ccc(Oc2ccnc3cc(-c4ccncc4)sc23)c(F)c1.O=C(CC(=O)Cc1ccc(Oc2ccnc3cc(-c4ccncc4)sc23)c(F)c1)Cc1ccccc1.O=C(O)CC(=O)Cc1ccccc1.O=[N+]([O-])c1ccc(Oc2ccnc3cc(-c4ccncc4)sc23)c(F)c1.O=[N+]([O-])c1ccc(Oc2ccnc3cc(Br)sc23)c(F)c1.OB(O)c1ccncc1. The van der Waals surface area contributed by atoms with E-state index in [0.29, 0.717) is 39.7 Å². The number of anilines is 1. The van der Waals surface area contributed by atoms with Crippen molar-refractivity contribution in [2.45, 2.75) is 32.1 Å². The number of pyridine rings is 8. The topological polar surface area (TPSA) is 381 Å². The molecule has 0 saturated carbocycles. The number of nitrogens with two attached hydrogens (primary N) is 1. The quantitative estimate of drug-likeness (QED) is 0.0109. The van der Waals surface area contributed by atoms with Crippen LogP contribution in [0.4, 0.5) is 34.6 Å². The lowest BCUT2D eigenvalue weighted by Crippen LogP contribution is -2.29. The van der Waals surface area contributed by atoms with Crippen molar-refractivity contribution in [1.29, 1.82) is 0 Å². The first-order valence-electron chi connectivity index (χ1n) is 38.3. The predicted molar refractivity (Wildman–Crippen MR) is 489 cm³/mol. The predicted octanol–water partition coefficient (Wildman–Crippen LogP) is 21.6. The van der Waals surface area contributed by atoms with E-state index in [0.717, 1.165) is 99.2 Å². The molecule has 129 heavy (non-hydrogen) atoms. The fourth-order valence-corrected chi connectivity index (χ4v) is 16.8. The number of thiophene rings is 4. The van der Waals surface area contributed by atoms with Gasteiger partial charge in [0.1, 0.15) is 46.8 Å². The third-order valence-corrected chi connectivity index (χ3v) is 23.3. The maximum Gasteiger partial charge on any atom is 0.488 e. The molecule has 0 aliphatic heterocycles. The summed E-state index contributed by atoms with van der Waals surface area (Å²) in [5.41, 5.74) is 14.0. The molecule has 6 aromatic carbocycles. The van der Waals surface area contributed by atoms with Gasteiger partial charge in [-0.15, -0.1) is 45.3 Å². The zero-order valence-electron chi connectivity index (χ0n) is 66.8. The number of aliphatic carboxylic acids is 1. The molecular formula is C93H65BBrF4N11O15S4. The number of hydrogen-bond donors (Lipinski definition) is 4. The van der Waals surface area contributed by atoms with Gasteiger partial charge in [0, 0.05) is 156 Å². The van der Waals surface area contributed by atoms with Crippen LogP contribution in [0.1, 0.15) is 29.5 Å². The molecule has 0 radical (unpaired) electrons. The van der Waals surface area contributed by atoms with Crippen molar-refractivity contribution in [3.05, 3.63) is 369 Å². The van der Waals surface area contributed by atoms with Gasteiger partial charge < -0.3 is 39.8 Å². The minimum atomic E-state index is -1.38. The van der Waals surface area contributed by atoms with Gasteiger partial charge in [0.2, 0.25) is 0 Å². The van der Waals surface area contributed by atoms with Crippen molar-refractivity contribution in [3.8, 4) is 77.3 Å². The molecule has 18 aromatic rings. The van der Waals surface area contributed by atoms with Crippen LogP contribution in [0.3, 0.4) is 0 Å². The summed E-state index contributed by atoms with van der Waals surface area (Å²) in [5.74, 6) is -2.41. The van der Waals surface area contributed by atoms with Gasteiger partial charge in [-0.3, -0.25) is 79.3 Å². The smallest absolute Gasteiger partial charge is 0.481 e. The van der Waals surface area contributed by atoms with Crippen molar-refractivity contribution in [1.82, 2.24) is 39.9 Å². The Balaban J connectivity index is 0.000000138. The van der Waals surface area contributed by atoms with Gasteiger partial charge >= 0.3 is 13.1 Å². The highest BCUT2D eigenvalue weighted by molar-refractivity contribution is 9.11. The number of nitro groups is 2. The molecule has 12 aromatic heterocycles. The fraction of sp³-hybridized carbons (Fsp3) is 0.0538. The van der Waals surface area contributed by atoms with Gasteiger partial charge in [0.05, 0.1) is 73.1 Å². The van der Waals surface area contributed by atoms with Crippen LogP contribution in [0.25, 0.3) is 72.2 Å². The van der Waals surface area contributed by atoms with Crippen LogP contribution in [0, 0.1) is 43.5 Å². The molecule has 0 bridgehead atoms. The third-order valence-electron chi connectivity index (χ3n) is 18.1. The Hall–Kier alpha value is -15.2. The molecule has 0 aliphatic carbocycles. The second-order valence-electron chi connectivity index (χ2n) is 27.3. The number of fused-ring (bicyclic) bond motifs is 4. The molecule has 0 amide bonds. The largest absolute Gasteiger partial charge is 0.488 e. The summed E-state index contributed by atoms with van der Waals surface area (Å²) in [4.78, 5) is 102. The number of Topliss-reactive ketones (excluding diaryl/α,β-unsaturated/α-hetero) is 3. The number of non-ortho nitro benzene ring substituents is 2. The Morgan fingerprint density at radius 1 is 0.372 bits per heavy atom. The van der Waals surface area contributed by atoms with Gasteiger partial charge in [-0.05, 0) is 164 Å². The first-order valence-corrected chi connectivity index (χ1v) is 42.4. The Labute approximate surface area is 754 Å². The Morgan fingerprint density at radius 2 is 0.698 bits per heavy atom. The van der Waals surface area contributed by atoms with Crippen LogP contribution in [-0.2, 0) is 38.4 Å². The van der Waals surface area contributed by atoms with E-state index in [-0.39, 0.29) is 77.4 Å². The summed E-state index contributed by atoms with van der Waals surface area (Å²) in [6.07, 6.45) is 19.6. The summed E-state index contributed by atoms with van der Waals surface area (Å²) in [5, 5.41) is 46.8.